The second-order valence-electron chi connectivity index (χ2n) is 6.45. The summed E-state index contributed by atoms with van der Waals surface area (Å²) in [5, 5.41) is 3.36. The van der Waals surface area contributed by atoms with Crippen molar-refractivity contribution in [2.45, 2.75) is 25.8 Å². The van der Waals surface area contributed by atoms with E-state index in [1.54, 1.807) is 19.5 Å². The van der Waals surface area contributed by atoms with Crippen LogP contribution in [0.25, 0.3) is 0 Å². The maximum absolute atomic E-state index is 13.0. The number of nitrogens with one attached hydrogen (secondary N) is 1. The third-order valence-electron chi connectivity index (χ3n) is 4.44. The van der Waals surface area contributed by atoms with E-state index in [9.17, 15) is 4.79 Å². The number of rotatable bonds is 4. The Morgan fingerprint density at radius 1 is 1.28 bits per heavy atom. The zero-order valence-corrected chi connectivity index (χ0v) is 14.9. The first-order chi connectivity index (χ1) is 12.1. The van der Waals surface area contributed by atoms with Crippen molar-refractivity contribution in [3.63, 3.8) is 0 Å². The molecule has 1 amide bonds. The second-order valence-corrected chi connectivity index (χ2v) is 6.45. The highest BCUT2D eigenvalue weighted by Gasteiger charge is 2.30. The van der Waals surface area contributed by atoms with Crippen molar-refractivity contribution >= 4 is 5.91 Å². The Morgan fingerprint density at radius 3 is 2.68 bits per heavy atom. The van der Waals surface area contributed by atoms with Gasteiger partial charge in [-0.2, -0.15) is 0 Å². The summed E-state index contributed by atoms with van der Waals surface area (Å²) in [6.45, 7) is 6.16. The van der Waals surface area contributed by atoms with Crippen LogP contribution in [-0.4, -0.2) is 47.5 Å². The summed E-state index contributed by atoms with van der Waals surface area (Å²) in [4.78, 5) is 23.6. The van der Waals surface area contributed by atoms with Crippen molar-refractivity contribution in [1.82, 2.24) is 20.2 Å². The summed E-state index contributed by atoms with van der Waals surface area (Å²) < 4.78 is 5.48. The molecule has 3 rings (SSSR count). The Kier molecular flexibility index (Phi) is 5.28. The molecule has 1 saturated heterocycles. The van der Waals surface area contributed by atoms with Gasteiger partial charge in [0.2, 0.25) is 0 Å². The lowest BCUT2D eigenvalue weighted by atomic mass is 10.0. The molecule has 0 aliphatic carbocycles. The van der Waals surface area contributed by atoms with Crippen LogP contribution in [0.15, 0.2) is 36.7 Å². The van der Waals surface area contributed by atoms with Crippen LogP contribution in [-0.2, 0) is 0 Å². The monoisotopic (exact) mass is 340 g/mol. The molecular weight excluding hydrogens is 316 g/mol. The van der Waals surface area contributed by atoms with Gasteiger partial charge in [-0.05, 0) is 6.07 Å². The van der Waals surface area contributed by atoms with E-state index in [1.165, 1.54) is 0 Å². The number of carbonyl (C=O) groups is 1. The highest BCUT2D eigenvalue weighted by Crippen LogP contribution is 2.31. The Morgan fingerprint density at radius 2 is 2.00 bits per heavy atom. The summed E-state index contributed by atoms with van der Waals surface area (Å²) in [5.74, 6) is 1.73. The molecule has 0 radical (unpaired) electrons. The Bertz CT molecular complexity index is 730. The topological polar surface area (TPSA) is 67.3 Å². The quantitative estimate of drug-likeness (QED) is 0.926. The summed E-state index contributed by atoms with van der Waals surface area (Å²) in [6.07, 6.45) is 3.26. The van der Waals surface area contributed by atoms with E-state index in [2.05, 4.69) is 15.3 Å². The molecule has 25 heavy (non-hydrogen) atoms. The van der Waals surface area contributed by atoms with E-state index in [4.69, 9.17) is 4.74 Å². The molecular formula is C19H24N4O2. The third-order valence-corrected chi connectivity index (χ3v) is 4.44. The van der Waals surface area contributed by atoms with E-state index in [-0.39, 0.29) is 17.9 Å². The van der Waals surface area contributed by atoms with Crippen molar-refractivity contribution < 1.29 is 9.53 Å². The maximum atomic E-state index is 13.0. The number of piperazine rings is 1. The first-order valence-corrected chi connectivity index (χ1v) is 8.58. The Labute approximate surface area is 148 Å². The predicted octanol–water partition coefficient (Wildman–Crippen LogP) is 2.40. The fourth-order valence-electron chi connectivity index (χ4n) is 3.08. The van der Waals surface area contributed by atoms with Gasteiger partial charge in [-0.15, -0.1) is 0 Å². The van der Waals surface area contributed by atoms with Gasteiger partial charge < -0.3 is 15.0 Å². The molecule has 6 heteroatoms. The van der Waals surface area contributed by atoms with Crippen LogP contribution in [0.5, 0.6) is 5.75 Å². The molecule has 1 N–H and O–H groups in total. The first-order valence-electron chi connectivity index (χ1n) is 8.58. The van der Waals surface area contributed by atoms with Crippen molar-refractivity contribution in [1.29, 1.82) is 0 Å². The zero-order chi connectivity index (χ0) is 17.8. The molecule has 132 valence electrons. The maximum Gasteiger partial charge on any atom is 0.257 e. The summed E-state index contributed by atoms with van der Waals surface area (Å²) in [6, 6.07) is 7.75. The molecule has 1 fully saturated rings. The van der Waals surface area contributed by atoms with Crippen LogP contribution in [0.1, 0.15) is 47.6 Å². The molecule has 1 atom stereocenters. The largest absolute Gasteiger partial charge is 0.496 e. The fourth-order valence-corrected chi connectivity index (χ4v) is 3.08. The standard InChI is InChI=1S/C19H24N4O2/c1-13(2)18-21-10-14(11-22-18)19(24)23-9-8-20-12-16(23)15-6-4-5-7-17(15)25-3/h4-7,10-11,13,16,20H,8-9,12H2,1-3H3/t16-/m1/s1. The number of benzene rings is 1. The summed E-state index contributed by atoms with van der Waals surface area (Å²) in [7, 11) is 1.65. The van der Waals surface area contributed by atoms with Crippen LogP contribution >= 0.6 is 0 Å². The zero-order valence-electron chi connectivity index (χ0n) is 14.9. The lowest BCUT2D eigenvalue weighted by molar-refractivity contribution is 0.0630. The number of carbonyl (C=O) groups excluding carboxylic acids is 1. The van der Waals surface area contributed by atoms with Gasteiger partial charge in [0.05, 0.1) is 18.7 Å². The molecule has 2 aromatic rings. The van der Waals surface area contributed by atoms with Crippen molar-refractivity contribution in [3.8, 4) is 5.75 Å². The minimum atomic E-state index is -0.0813. The minimum Gasteiger partial charge on any atom is -0.496 e. The van der Waals surface area contributed by atoms with Gasteiger partial charge in [0.1, 0.15) is 11.6 Å². The average molecular weight is 340 g/mol. The molecule has 2 heterocycles. The van der Waals surface area contributed by atoms with Crippen LogP contribution < -0.4 is 10.1 Å². The summed E-state index contributed by atoms with van der Waals surface area (Å²) in [5.41, 5.74) is 1.52. The molecule has 0 bridgehead atoms. The van der Waals surface area contributed by atoms with Crippen molar-refractivity contribution in [3.05, 3.63) is 53.6 Å². The number of nitrogens with zero attached hydrogens (tertiary/aromatic N) is 3. The third kappa shape index (κ3) is 3.64. The van der Waals surface area contributed by atoms with E-state index < -0.39 is 0 Å². The van der Waals surface area contributed by atoms with Crippen molar-refractivity contribution in [2.24, 2.45) is 0 Å². The molecule has 0 spiro atoms. The van der Waals surface area contributed by atoms with Gasteiger partial charge in [0.15, 0.2) is 0 Å². The molecule has 1 aliphatic rings. The number of para-hydroxylation sites is 1. The summed E-state index contributed by atoms with van der Waals surface area (Å²) >= 11 is 0. The molecule has 0 saturated carbocycles. The van der Waals surface area contributed by atoms with Gasteiger partial charge in [0.25, 0.3) is 5.91 Å². The van der Waals surface area contributed by atoms with E-state index >= 15 is 0 Å². The Hall–Kier alpha value is -2.47. The fraction of sp³-hybridized carbons (Fsp3) is 0.421. The molecule has 1 aromatic carbocycles. The van der Waals surface area contributed by atoms with E-state index in [1.807, 2.05) is 43.0 Å². The second kappa shape index (κ2) is 7.61. The van der Waals surface area contributed by atoms with Gasteiger partial charge >= 0.3 is 0 Å². The molecule has 0 unspecified atom stereocenters. The number of hydrogen-bond donors (Lipinski definition) is 1. The molecule has 1 aliphatic heterocycles. The van der Waals surface area contributed by atoms with Crippen molar-refractivity contribution in [2.75, 3.05) is 26.7 Å². The van der Waals surface area contributed by atoms with Crippen LogP contribution in [0.4, 0.5) is 0 Å². The lowest BCUT2D eigenvalue weighted by Gasteiger charge is -2.37. The number of aromatic nitrogens is 2. The number of methoxy groups -OCH3 is 1. The van der Waals surface area contributed by atoms with Crippen LogP contribution in [0.3, 0.4) is 0 Å². The highest BCUT2D eigenvalue weighted by molar-refractivity contribution is 5.94. The van der Waals surface area contributed by atoms with Gasteiger partial charge in [-0.3, -0.25) is 4.79 Å². The molecule has 1 aromatic heterocycles. The van der Waals surface area contributed by atoms with E-state index in [0.717, 1.165) is 23.7 Å². The highest BCUT2D eigenvalue weighted by atomic mass is 16.5. The predicted molar refractivity (Wildman–Crippen MR) is 95.8 cm³/mol. The first kappa shape index (κ1) is 17.4. The van der Waals surface area contributed by atoms with Crippen LogP contribution in [0, 0.1) is 0 Å². The molecule has 6 nitrogen and oxygen atoms in total. The number of ether oxygens (including phenoxy) is 1. The number of amides is 1. The normalized spacial score (nSPS) is 17.6. The van der Waals surface area contributed by atoms with E-state index in [0.29, 0.717) is 18.7 Å². The Balaban J connectivity index is 1.88. The lowest BCUT2D eigenvalue weighted by Crippen LogP contribution is -2.48. The van der Waals surface area contributed by atoms with Gasteiger partial charge in [-0.1, -0.05) is 32.0 Å². The smallest absolute Gasteiger partial charge is 0.257 e. The van der Waals surface area contributed by atoms with Crippen LogP contribution in [0.2, 0.25) is 0 Å². The van der Waals surface area contributed by atoms with Gasteiger partial charge in [-0.25, -0.2) is 9.97 Å². The number of hydrogen-bond acceptors (Lipinski definition) is 5. The minimum absolute atomic E-state index is 0.0484. The average Bonchev–Trinajstić information content (AvgIpc) is 2.67. The SMILES string of the molecule is COc1ccccc1[C@H]1CNCCN1C(=O)c1cnc(C(C)C)nc1. The van der Waals surface area contributed by atoms with Gasteiger partial charge in [0, 0.05) is 43.5 Å².